The molecule has 30 heavy (non-hydrogen) atoms. The first-order valence-electron chi connectivity index (χ1n) is 10.2. The first-order chi connectivity index (χ1) is 14.1. The van der Waals surface area contributed by atoms with Crippen molar-refractivity contribution >= 4 is 26.7 Å². The number of carbonyl (C=O) groups excluding carboxylic acids is 1. The Labute approximate surface area is 177 Å². The van der Waals surface area contributed by atoms with Crippen LogP contribution >= 0.6 is 0 Å². The van der Waals surface area contributed by atoms with Gasteiger partial charge in [-0.2, -0.15) is 0 Å². The van der Waals surface area contributed by atoms with Crippen molar-refractivity contribution in [3.05, 3.63) is 65.9 Å². The summed E-state index contributed by atoms with van der Waals surface area (Å²) in [5.41, 5.74) is 1.92. The average Bonchev–Trinajstić information content (AvgIpc) is 3.10. The second kappa shape index (κ2) is 7.36. The lowest BCUT2D eigenvalue weighted by Crippen LogP contribution is -2.33. The molecule has 2 atom stereocenters. The number of aromatic nitrogens is 1. The number of Topliss-reactive ketones (excluding diaryl/α,β-unsaturated/α-hetero) is 1. The van der Waals surface area contributed by atoms with Crippen molar-refractivity contribution < 1.29 is 18.3 Å². The van der Waals surface area contributed by atoms with Crippen molar-refractivity contribution in [3.8, 4) is 0 Å². The Morgan fingerprint density at radius 3 is 2.47 bits per heavy atom. The van der Waals surface area contributed by atoms with Gasteiger partial charge in [0.1, 0.15) is 5.78 Å². The summed E-state index contributed by atoms with van der Waals surface area (Å²) >= 11 is 0. The van der Waals surface area contributed by atoms with Crippen molar-refractivity contribution in [1.82, 2.24) is 3.97 Å². The van der Waals surface area contributed by atoms with Crippen LogP contribution in [-0.4, -0.2) is 23.3 Å². The van der Waals surface area contributed by atoms with Gasteiger partial charge in [-0.15, -0.1) is 0 Å². The zero-order valence-electron chi connectivity index (χ0n) is 17.5. The summed E-state index contributed by atoms with van der Waals surface area (Å²) in [5, 5.41) is 11.9. The average molecular weight is 426 g/mol. The van der Waals surface area contributed by atoms with Crippen LogP contribution in [-0.2, 0) is 14.8 Å². The summed E-state index contributed by atoms with van der Waals surface area (Å²) < 4.78 is 27.9. The van der Waals surface area contributed by atoms with E-state index in [9.17, 15) is 18.3 Å². The standard InChI is InChI=1S/C24H27NO4S/c1-16-8-10-17(11-9-16)30(28,29)25-15-20(18-6-4-5-7-21(18)25)23(27)19-14-24(2,3)13-12-22(19)26/h4-11,15,19,23,27H,12-14H2,1-3H3. The first-order valence-corrected chi connectivity index (χ1v) is 11.7. The molecule has 0 saturated heterocycles. The van der Waals surface area contributed by atoms with E-state index in [-0.39, 0.29) is 16.1 Å². The number of para-hydroxylation sites is 1. The lowest BCUT2D eigenvalue weighted by molar-refractivity contribution is -0.131. The minimum absolute atomic E-state index is 0.0358. The van der Waals surface area contributed by atoms with Crippen molar-refractivity contribution in [2.45, 2.75) is 51.0 Å². The third kappa shape index (κ3) is 3.59. The molecule has 1 aromatic heterocycles. The summed E-state index contributed by atoms with van der Waals surface area (Å²) in [4.78, 5) is 12.8. The first kappa shape index (κ1) is 20.8. The van der Waals surface area contributed by atoms with Gasteiger partial charge < -0.3 is 5.11 Å². The van der Waals surface area contributed by atoms with Gasteiger partial charge in [0, 0.05) is 29.5 Å². The highest BCUT2D eigenvalue weighted by Gasteiger charge is 2.39. The number of hydrogen-bond acceptors (Lipinski definition) is 4. The third-order valence-electron chi connectivity index (χ3n) is 6.22. The molecule has 2 unspecified atom stereocenters. The fourth-order valence-corrected chi connectivity index (χ4v) is 5.77. The molecule has 158 valence electrons. The summed E-state index contributed by atoms with van der Waals surface area (Å²) in [7, 11) is -3.84. The minimum atomic E-state index is -3.84. The molecule has 1 N–H and O–H groups in total. The van der Waals surface area contributed by atoms with Gasteiger partial charge in [-0.05, 0) is 43.4 Å². The van der Waals surface area contributed by atoms with Gasteiger partial charge in [-0.3, -0.25) is 4.79 Å². The van der Waals surface area contributed by atoms with Gasteiger partial charge >= 0.3 is 0 Å². The number of rotatable bonds is 4. The van der Waals surface area contributed by atoms with E-state index in [2.05, 4.69) is 13.8 Å². The Kier molecular flexibility index (Phi) is 5.11. The molecule has 0 spiro atoms. The summed E-state index contributed by atoms with van der Waals surface area (Å²) in [6.45, 7) is 6.10. The molecular weight excluding hydrogens is 398 g/mol. The van der Waals surface area contributed by atoms with Gasteiger partial charge in [-0.25, -0.2) is 12.4 Å². The molecule has 0 amide bonds. The number of carbonyl (C=O) groups is 1. The molecule has 1 aliphatic carbocycles. The Morgan fingerprint density at radius 2 is 1.77 bits per heavy atom. The SMILES string of the molecule is Cc1ccc(S(=O)(=O)n2cc(C(O)C3CC(C)(C)CCC3=O)c3ccccc32)cc1. The van der Waals surface area contributed by atoms with Crippen LogP contribution in [0.5, 0.6) is 0 Å². The highest BCUT2D eigenvalue weighted by atomic mass is 32.2. The summed E-state index contributed by atoms with van der Waals surface area (Å²) in [6, 6.07) is 13.8. The Balaban J connectivity index is 1.83. The van der Waals surface area contributed by atoms with E-state index in [1.807, 2.05) is 13.0 Å². The quantitative estimate of drug-likeness (QED) is 0.662. The van der Waals surface area contributed by atoms with Gasteiger partial charge in [0.25, 0.3) is 10.0 Å². The molecule has 0 radical (unpaired) electrons. The molecule has 1 saturated carbocycles. The van der Waals surface area contributed by atoms with E-state index in [0.717, 1.165) is 12.0 Å². The van der Waals surface area contributed by atoms with Crippen LogP contribution in [0.2, 0.25) is 0 Å². The monoisotopic (exact) mass is 425 g/mol. The summed E-state index contributed by atoms with van der Waals surface area (Å²) in [6.07, 6.45) is 2.26. The number of nitrogens with zero attached hydrogens (tertiary/aromatic N) is 1. The predicted octanol–water partition coefficient (Wildman–Crippen LogP) is 4.62. The van der Waals surface area contributed by atoms with Crippen molar-refractivity contribution in [2.24, 2.45) is 11.3 Å². The fraction of sp³-hybridized carbons (Fsp3) is 0.375. The van der Waals surface area contributed by atoms with Crippen LogP contribution in [0.3, 0.4) is 0 Å². The zero-order valence-corrected chi connectivity index (χ0v) is 18.3. The normalized spacial score (nSPS) is 20.4. The number of aliphatic hydroxyl groups is 1. The number of ketones is 1. The Morgan fingerprint density at radius 1 is 1.10 bits per heavy atom. The molecule has 4 rings (SSSR count). The Hall–Kier alpha value is -2.44. The highest BCUT2D eigenvalue weighted by Crippen LogP contribution is 2.43. The molecule has 1 heterocycles. The lowest BCUT2D eigenvalue weighted by Gasteiger charge is -2.36. The number of benzene rings is 2. The molecular formula is C24H27NO4S. The largest absolute Gasteiger partial charge is 0.388 e. The van der Waals surface area contributed by atoms with E-state index in [0.29, 0.717) is 29.3 Å². The second-order valence-corrected chi connectivity index (χ2v) is 10.9. The zero-order chi connectivity index (χ0) is 21.7. The van der Waals surface area contributed by atoms with E-state index in [1.54, 1.807) is 42.5 Å². The molecule has 2 aromatic carbocycles. The van der Waals surface area contributed by atoms with Crippen LogP contribution in [0.4, 0.5) is 0 Å². The van der Waals surface area contributed by atoms with Gasteiger partial charge in [0.2, 0.25) is 0 Å². The van der Waals surface area contributed by atoms with Crippen LogP contribution in [0.1, 0.15) is 50.3 Å². The van der Waals surface area contributed by atoms with Gasteiger partial charge in [-0.1, -0.05) is 49.7 Å². The van der Waals surface area contributed by atoms with E-state index < -0.39 is 22.0 Å². The molecule has 1 fully saturated rings. The topological polar surface area (TPSA) is 76.4 Å². The molecule has 0 aliphatic heterocycles. The maximum atomic E-state index is 13.4. The number of fused-ring (bicyclic) bond motifs is 1. The highest BCUT2D eigenvalue weighted by molar-refractivity contribution is 7.90. The number of hydrogen-bond donors (Lipinski definition) is 1. The van der Waals surface area contributed by atoms with Gasteiger partial charge in [0.15, 0.2) is 0 Å². The molecule has 5 nitrogen and oxygen atoms in total. The molecule has 6 heteroatoms. The predicted molar refractivity (Wildman–Crippen MR) is 117 cm³/mol. The van der Waals surface area contributed by atoms with Crippen LogP contribution in [0.15, 0.2) is 59.6 Å². The minimum Gasteiger partial charge on any atom is -0.388 e. The van der Waals surface area contributed by atoms with E-state index in [4.69, 9.17) is 0 Å². The number of aliphatic hydroxyl groups excluding tert-OH is 1. The second-order valence-electron chi connectivity index (χ2n) is 9.10. The van der Waals surface area contributed by atoms with E-state index in [1.165, 1.54) is 10.2 Å². The van der Waals surface area contributed by atoms with Crippen LogP contribution in [0, 0.1) is 18.3 Å². The van der Waals surface area contributed by atoms with Gasteiger partial charge in [0.05, 0.1) is 16.5 Å². The molecule has 3 aromatic rings. The molecule has 0 bridgehead atoms. The summed E-state index contributed by atoms with van der Waals surface area (Å²) in [5.74, 6) is -0.491. The Bertz CT molecular complexity index is 1210. The molecule has 1 aliphatic rings. The fourth-order valence-electron chi connectivity index (χ4n) is 4.40. The van der Waals surface area contributed by atoms with Crippen LogP contribution < -0.4 is 0 Å². The lowest BCUT2D eigenvalue weighted by atomic mass is 9.69. The van der Waals surface area contributed by atoms with E-state index >= 15 is 0 Å². The van der Waals surface area contributed by atoms with Crippen molar-refractivity contribution in [3.63, 3.8) is 0 Å². The number of aryl methyl sites for hydroxylation is 1. The maximum absolute atomic E-state index is 13.4. The van der Waals surface area contributed by atoms with Crippen molar-refractivity contribution in [1.29, 1.82) is 0 Å². The van der Waals surface area contributed by atoms with Crippen molar-refractivity contribution in [2.75, 3.05) is 0 Å². The van der Waals surface area contributed by atoms with Crippen LogP contribution in [0.25, 0.3) is 10.9 Å². The third-order valence-corrected chi connectivity index (χ3v) is 7.91. The smallest absolute Gasteiger partial charge is 0.268 e. The maximum Gasteiger partial charge on any atom is 0.268 e.